The van der Waals surface area contributed by atoms with Gasteiger partial charge in [-0.3, -0.25) is 10.1 Å². The summed E-state index contributed by atoms with van der Waals surface area (Å²) in [4.78, 5) is 56.4. The second kappa shape index (κ2) is 19.6. The van der Waals surface area contributed by atoms with Crippen LogP contribution >= 0.6 is 0 Å². The number of nitro groups is 1. The fourth-order valence-electron chi connectivity index (χ4n) is 8.74. The van der Waals surface area contributed by atoms with E-state index in [1.165, 1.54) is 30.3 Å². The maximum absolute atomic E-state index is 11.7. The topological polar surface area (TPSA) is 275 Å². The zero-order chi connectivity index (χ0) is 50.0. The Kier molecular flexibility index (Phi) is 13.4. The lowest BCUT2D eigenvalue weighted by molar-refractivity contribution is -0.384. The molecule has 0 aliphatic carbocycles. The van der Waals surface area contributed by atoms with Crippen molar-refractivity contribution in [3.05, 3.63) is 171 Å². The third-order valence-electron chi connectivity index (χ3n) is 12.1. The van der Waals surface area contributed by atoms with Crippen LogP contribution in [0.2, 0.25) is 0 Å². The van der Waals surface area contributed by atoms with E-state index in [1.54, 1.807) is 30.3 Å². The molecule has 356 valence electrons. The number of aromatic carboxylic acids is 3. The molecule has 0 spiro atoms. The van der Waals surface area contributed by atoms with Crippen LogP contribution in [0.3, 0.4) is 0 Å². The molecule has 0 amide bonds. The molecule has 1 fully saturated rings. The molecule has 3 aromatic heterocycles. The Morgan fingerprint density at radius 2 is 0.986 bits per heavy atom. The SMILES string of the molecule is Cc1cccc2c(-c3ccc(N4CCOCC4)cc3)c(C(=O)O)[nH]c12.Cc1cccc2c(-c3cccc(S(N)(=O)=O)c3)c(C(=O)O)[nH]c12.Cc1cccc2c(-c3cccc([N+](=O)[O-])c3)c(C(=O)O)[nH]c12. The van der Waals surface area contributed by atoms with Crippen molar-refractivity contribution in [1.82, 2.24) is 15.0 Å². The largest absolute Gasteiger partial charge is 0.477 e. The van der Waals surface area contributed by atoms with E-state index in [9.17, 15) is 48.2 Å². The highest BCUT2D eigenvalue weighted by Gasteiger charge is 2.24. The number of nitrogens with zero attached hydrogens (tertiary/aromatic N) is 2. The average molecular weight is 963 g/mol. The van der Waals surface area contributed by atoms with Crippen molar-refractivity contribution in [2.45, 2.75) is 25.7 Å². The first-order chi connectivity index (χ1) is 33.4. The molecule has 1 saturated heterocycles. The van der Waals surface area contributed by atoms with Crippen LogP contribution in [-0.4, -0.2) is 87.8 Å². The fourth-order valence-corrected chi connectivity index (χ4v) is 9.30. The molecule has 0 bridgehead atoms. The van der Waals surface area contributed by atoms with Crippen LogP contribution in [0.5, 0.6) is 0 Å². The fraction of sp³-hybridized carbons (Fsp3) is 0.135. The van der Waals surface area contributed by atoms with Crippen molar-refractivity contribution < 1.29 is 47.8 Å². The van der Waals surface area contributed by atoms with Gasteiger partial charge in [-0.1, -0.05) is 91.0 Å². The standard InChI is InChI=1S/C20H20N2O3.C16H14N2O4S.C16H12N2O4/c1-13-3-2-4-16-17(19(20(23)24)21-18(13)16)14-5-7-15(8-6-14)22-9-11-25-12-10-22;1-9-4-2-7-12-13(15(16(19)20)18-14(9)12)10-5-3-6-11(8-10)23(17,21)22;1-9-4-2-7-12-13(15(16(19)20)17-14(9)12)10-5-3-6-11(8-10)18(21)22/h2-8,21H,9-12H2,1H3,(H,23,24);2-8,18H,1H3,(H,19,20)(H2,17,21,22);2-8,17H,1H3,(H,19,20). The van der Waals surface area contributed by atoms with Gasteiger partial charge in [0.1, 0.15) is 17.1 Å². The van der Waals surface area contributed by atoms with Crippen LogP contribution in [-0.2, 0) is 14.8 Å². The molecule has 1 aliphatic rings. The van der Waals surface area contributed by atoms with Crippen molar-refractivity contribution in [3.63, 3.8) is 0 Å². The number of fused-ring (bicyclic) bond motifs is 3. The third kappa shape index (κ3) is 9.59. The Morgan fingerprint density at radius 1 is 0.586 bits per heavy atom. The summed E-state index contributed by atoms with van der Waals surface area (Å²) in [7, 11) is -3.87. The predicted octanol–water partition coefficient (Wildman–Crippen LogP) is 9.92. The molecule has 0 unspecified atom stereocenters. The van der Waals surface area contributed by atoms with E-state index >= 15 is 0 Å². The normalized spacial score (nSPS) is 12.5. The van der Waals surface area contributed by atoms with Gasteiger partial charge in [-0.15, -0.1) is 0 Å². The number of rotatable bonds is 9. The van der Waals surface area contributed by atoms with Gasteiger partial charge < -0.3 is 39.9 Å². The number of nitro benzene ring substituents is 1. The van der Waals surface area contributed by atoms with Gasteiger partial charge in [0.05, 0.1) is 23.0 Å². The number of non-ortho nitro benzene ring substituents is 1. The Bertz CT molecular complexity index is 3630. The Labute approximate surface area is 400 Å². The van der Waals surface area contributed by atoms with Gasteiger partial charge in [-0.25, -0.2) is 27.9 Å². The summed E-state index contributed by atoms with van der Waals surface area (Å²) in [6.07, 6.45) is 0. The highest BCUT2D eigenvalue weighted by Crippen LogP contribution is 2.38. The number of primary sulfonamides is 1. The van der Waals surface area contributed by atoms with Gasteiger partial charge in [-0.2, -0.15) is 0 Å². The Balaban J connectivity index is 0.000000142. The van der Waals surface area contributed by atoms with E-state index in [0.717, 1.165) is 81.6 Å². The molecule has 0 radical (unpaired) electrons. The van der Waals surface area contributed by atoms with Gasteiger partial charge in [0.25, 0.3) is 5.69 Å². The second-order valence-electron chi connectivity index (χ2n) is 16.6. The van der Waals surface area contributed by atoms with Crippen molar-refractivity contribution in [1.29, 1.82) is 0 Å². The summed E-state index contributed by atoms with van der Waals surface area (Å²) >= 11 is 0. The number of nitrogens with one attached hydrogen (secondary N) is 3. The molecular weight excluding hydrogens is 917 g/mol. The minimum atomic E-state index is -3.87. The van der Waals surface area contributed by atoms with Gasteiger partial charge in [-0.05, 0) is 78.4 Å². The molecule has 17 nitrogen and oxygen atoms in total. The van der Waals surface area contributed by atoms with Crippen molar-refractivity contribution in [2.24, 2.45) is 5.14 Å². The van der Waals surface area contributed by atoms with E-state index in [0.29, 0.717) is 33.2 Å². The molecule has 4 heterocycles. The highest BCUT2D eigenvalue weighted by molar-refractivity contribution is 7.89. The maximum Gasteiger partial charge on any atom is 0.352 e. The molecule has 8 N–H and O–H groups in total. The van der Waals surface area contributed by atoms with Crippen LogP contribution < -0.4 is 10.0 Å². The number of benzene rings is 6. The van der Waals surface area contributed by atoms with Gasteiger partial charge >= 0.3 is 17.9 Å². The summed E-state index contributed by atoms with van der Waals surface area (Å²) in [5.41, 5.74) is 10.1. The first-order valence-electron chi connectivity index (χ1n) is 21.8. The number of aromatic amines is 3. The molecule has 0 saturated carbocycles. The number of hydrogen-bond acceptors (Lipinski definition) is 9. The quantitative estimate of drug-likeness (QED) is 0.0526. The number of sulfonamides is 1. The van der Waals surface area contributed by atoms with Gasteiger partial charge in [0, 0.05) is 80.3 Å². The summed E-state index contributed by atoms with van der Waals surface area (Å²) in [6, 6.07) is 37.0. The van der Waals surface area contributed by atoms with Crippen LogP contribution in [0, 0.1) is 30.9 Å². The highest BCUT2D eigenvalue weighted by atomic mass is 32.2. The van der Waals surface area contributed by atoms with Crippen LogP contribution in [0.4, 0.5) is 11.4 Å². The number of ether oxygens (including phenoxy) is 1. The lowest BCUT2D eigenvalue weighted by Crippen LogP contribution is -2.36. The van der Waals surface area contributed by atoms with Crippen LogP contribution in [0.1, 0.15) is 48.2 Å². The second-order valence-corrected chi connectivity index (χ2v) is 18.1. The molecular formula is C52H46N6O11S. The number of nitrogens with two attached hydrogens (primary N) is 1. The number of carboxylic acid groups (broad SMARTS) is 3. The molecule has 70 heavy (non-hydrogen) atoms. The molecule has 6 aromatic carbocycles. The lowest BCUT2D eigenvalue weighted by atomic mass is 10.0. The molecule has 0 atom stereocenters. The van der Waals surface area contributed by atoms with E-state index in [2.05, 4.69) is 32.0 Å². The summed E-state index contributed by atoms with van der Waals surface area (Å²) < 4.78 is 28.5. The minimum absolute atomic E-state index is 0.0147. The zero-order valence-corrected chi connectivity index (χ0v) is 38.8. The molecule has 9 aromatic rings. The summed E-state index contributed by atoms with van der Waals surface area (Å²) in [5.74, 6) is -3.16. The smallest absolute Gasteiger partial charge is 0.352 e. The number of carboxylic acids is 3. The zero-order valence-electron chi connectivity index (χ0n) is 37.9. The first kappa shape index (κ1) is 47.9. The number of para-hydroxylation sites is 3. The Morgan fingerprint density at radius 3 is 1.40 bits per heavy atom. The number of H-pyrrole nitrogens is 3. The number of carbonyl (C=O) groups is 3. The van der Waals surface area contributed by atoms with Gasteiger partial charge in [0.15, 0.2) is 0 Å². The van der Waals surface area contributed by atoms with E-state index < -0.39 is 32.9 Å². The third-order valence-corrected chi connectivity index (χ3v) is 13.0. The molecule has 1 aliphatic heterocycles. The summed E-state index contributed by atoms with van der Waals surface area (Å²) in [5, 5.41) is 47.0. The minimum Gasteiger partial charge on any atom is -0.477 e. The molecule has 18 heteroatoms. The number of hydrogen-bond donors (Lipinski definition) is 7. The van der Waals surface area contributed by atoms with Crippen molar-refractivity contribution in [2.75, 3.05) is 31.2 Å². The van der Waals surface area contributed by atoms with Crippen LogP contribution in [0.25, 0.3) is 66.1 Å². The number of anilines is 1. The van der Waals surface area contributed by atoms with E-state index in [-0.39, 0.29) is 27.7 Å². The van der Waals surface area contributed by atoms with Gasteiger partial charge in [0.2, 0.25) is 10.0 Å². The number of aromatic nitrogens is 3. The average Bonchev–Trinajstić information content (AvgIpc) is 4.07. The van der Waals surface area contributed by atoms with E-state index in [1.807, 2.05) is 75.4 Å². The number of aryl methyl sites for hydroxylation is 3. The maximum atomic E-state index is 11.7. The summed E-state index contributed by atoms with van der Waals surface area (Å²) in [6.45, 7) is 8.98. The van der Waals surface area contributed by atoms with Crippen LogP contribution in [0.15, 0.2) is 132 Å². The molecule has 10 rings (SSSR count). The van der Waals surface area contributed by atoms with E-state index in [4.69, 9.17) is 9.88 Å². The number of morpholine rings is 1. The first-order valence-corrected chi connectivity index (χ1v) is 23.3. The van der Waals surface area contributed by atoms with Crippen molar-refractivity contribution in [3.8, 4) is 33.4 Å². The van der Waals surface area contributed by atoms with Crippen molar-refractivity contribution >= 4 is 72.0 Å². The monoisotopic (exact) mass is 962 g/mol. The predicted molar refractivity (Wildman–Crippen MR) is 267 cm³/mol. The lowest BCUT2D eigenvalue weighted by Gasteiger charge is -2.28. The Hall–Kier alpha value is -8.58.